The molecule has 1 aromatic rings. The van der Waals surface area contributed by atoms with Crippen molar-refractivity contribution in [3.8, 4) is 0 Å². The molecular formula is C20H35BF3NO2Si. The first kappa shape index (κ1) is 23.5. The van der Waals surface area contributed by atoms with Crippen LogP contribution in [0.25, 0.3) is 0 Å². The third-order valence-electron chi connectivity index (χ3n) is 6.89. The summed E-state index contributed by atoms with van der Waals surface area (Å²) in [5.74, 6) is 0. The molecule has 28 heavy (non-hydrogen) atoms. The second-order valence-electron chi connectivity index (χ2n) is 9.93. The molecule has 0 aliphatic carbocycles. The van der Waals surface area contributed by atoms with Gasteiger partial charge in [0.15, 0.2) is 8.24 Å². The maximum Gasteiger partial charge on any atom is 0.497 e. The van der Waals surface area contributed by atoms with Gasteiger partial charge in [0.1, 0.15) is 5.69 Å². The fraction of sp³-hybridized carbons (Fsp3) is 0.800. The lowest BCUT2D eigenvalue weighted by Gasteiger charge is -2.45. The molecule has 0 atom stereocenters. The number of alkyl halides is 3. The van der Waals surface area contributed by atoms with E-state index in [1.54, 1.807) is 16.5 Å². The van der Waals surface area contributed by atoms with Crippen molar-refractivity contribution in [3.05, 3.63) is 18.0 Å². The highest BCUT2D eigenvalue weighted by atomic mass is 28.3. The Hall–Kier alpha value is -0.728. The second-order valence-corrected chi connectivity index (χ2v) is 15.6. The lowest BCUT2D eigenvalue weighted by molar-refractivity contribution is -0.141. The van der Waals surface area contributed by atoms with Crippen LogP contribution in [0.1, 0.15) is 74.9 Å². The molecule has 160 valence electrons. The zero-order valence-electron chi connectivity index (χ0n) is 18.9. The van der Waals surface area contributed by atoms with Gasteiger partial charge < -0.3 is 13.5 Å². The molecule has 0 aromatic carbocycles. The summed E-state index contributed by atoms with van der Waals surface area (Å²) in [4.78, 5) is 0. The van der Waals surface area contributed by atoms with Gasteiger partial charge in [0, 0.05) is 5.46 Å². The van der Waals surface area contributed by atoms with Crippen LogP contribution in [0, 0.1) is 0 Å². The molecule has 1 aliphatic rings. The number of rotatable bonds is 5. The van der Waals surface area contributed by atoms with Crippen LogP contribution in [0.15, 0.2) is 12.3 Å². The molecule has 1 aromatic heterocycles. The van der Waals surface area contributed by atoms with E-state index < -0.39 is 38.4 Å². The first-order valence-corrected chi connectivity index (χ1v) is 12.3. The molecule has 2 heterocycles. The number of hydrogen-bond donors (Lipinski definition) is 0. The van der Waals surface area contributed by atoms with Crippen molar-refractivity contribution in [2.24, 2.45) is 0 Å². The Labute approximate surface area is 169 Å². The SMILES string of the molecule is CC(C)[Si](C(C)C)(C(C)C)n1ccc(B2OC(C)(C)C(C)(C)O2)c1C(F)(F)F. The van der Waals surface area contributed by atoms with Crippen LogP contribution < -0.4 is 5.46 Å². The molecule has 0 amide bonds. The molecule has 1 saturated heterocycles. The van der Waals surface area contributed by atoms with E-state index in [0.29, 0.717) is 0 Å². The standard InChI is InChI=1S/C20H35BF3NO2Si/c1-13(2)28(14(3)4,15(5)6)25-12-11-16(17(25)20(22,23)24)21-26-18(7,8)19(9,10)27-21/h11-15H,1-10H3. The predicted molar refractivity (Wildman–Crippen MR) is 112 cm³/mol. The van der Waals surface area contributed by atoms with Crippen molar-refractivity contribution in [2.45, 2.75) is 103 Å². The fourth-order valence-electron chi connectivity index (χ4n) is 5.07. The summed E-state index contributed by atoms with van der Waals surface area (Å²) in [6.45, 7) is 19.8. The number of hydrogen-bond acceptors (Lipinski definition) is 2. The third kappa shape index (κ3) is 3.49. The van der Waals surface area contributed by atoms with Crippen molar-refractivity contribution in [1.82, 2.24) is 4.23 Å². The highest BCUT2D eigenvalue weighted by molar-refractivity contribution is 6.82. The highest BCUT2D eigenvalue weighted by Crippen LogP contribution is 2.46. The van der Waals surface area contributed by atoms with Crippen molar-refractivity contribution >= 4 is 20.8 Å². The molecule has 2 rings (SSSR count). The van der Waals surface area contributed by atoms with Crippen LogP contribution in [0.3, 0.4) is 0 Å². The molecule has 0 saturated carbocycles. The second kappa shape index (κ2) is 7.20. The van der Waals surface area contributed by atoms with Gasteiger partial charge in [0.2, 0.25) is 0 Å². The quantitative estimate of drug-likeness (QED) is 0.563. The Balaban J connectivity index is 2.74. The van der Waals surface area contributed by atoms with Gasteiger partial charge in [0.25, 0.3) is 0 Å². The zero-order chi connectivity index (χ0) is 21.9. The monoisotopic (exact) mass is 417 g/mol. The highest BCUT2D eigenvalue weighted by Gasteiger charge is 2.56. The molecular weight excluding hydrogens is 382 g/mol. The normalized spacial score (nSPS) is 20.1. The lowest BCUT2D eigenvalue weighted by atomic mass is 9.79. The predicted octanol–water partition coefficient (Wildman–Crippen LogP) is 5.83. The first-order chi connectivity index (χ1) is 12.5. The van der Waals surface area contributed by atoms with E-state index >= 15 is 0 Å². The summed E-state index contributed by atoms with van der Waals surface area (Å²) >= 11 is 0. The lowest BCUT2D eigenvalue weighted by Crippen LogP contribution is -2.54. The molecule has 3 nitrogen and oxygen atoms in total. The van der Waals surface area contributed by atoms with Gasteiger partial charge in [-0.1, -0.05) is 41.5 Å². The van der Waals surface area contributed by atoms with Crippen molar-refractivity contribution < 1.29 is 22.5 Å². The number of nitrogens with zero attached hydrogens (tertiary/aromatic N) is 1. The minimum atomic E-state index is -4.49. The zero-order valence-corrected chi connectivity index (χ0v) is 19.9. The Morgan fingerprint density at radius 2 is 1.29 bits per heavy atom. The van der Waals surface area contributed by atoms with Crippen LogP contribution in [0.4, 0.5) is 13.2 Å². The number of halogens is 3. The van der Waals surface area contributed by atoms with Crippen LogP contribution in [0.2, 0.25) is 16.6 Å². The van der Waals surface area contributed by atoms with E-state index in [-0.39, 0.29) is 22.1 Å². The van der Waals surface area contributed by atoms with Crippen LogP contribution in [0.5, 0.6) is 0 Å². The molecule has 0 bridgehead atoms. The summed E-state index contributed by atoms with van der Waals surface area (Å²) < 4.78 is 56.7. The van der Waals surface area contributed by atoms with Gasteiger partial charge in [-0.3, -0.25) is 0 Å². The summed E-state index contributed by atoms with van der Waals surface area (Å²) in [5.41, 5.74) is -1.46. The topological polar surface area (TPSA) is 23.4 Å². The van der Waals surface area contributed by atoms with Gasteiger partial charge in [-0.15, -0.1) is 0 Å². The maximum atomic E-state index is 14.4. The Bertz CT molecular complexity index is 673. The average molecular weight is 417 g/mol. The van der Waals surface area contributed by atoms with E-state index in [4.69, 9.17) is 9.31 Å². The molecule has 8 heteroatoms. The van der Waals surface area contributed by atoms with Crippen LogP contribution in [-0.2, 0) is 15.5 Å². The van der Waals surface area contributed by atoms with Gasteiger partial charge in [-0.25, -0.2) is 0 Å². The van der Waals surface area contributed by atoms with E-state index in [9.17, 15) is 13.2 Å². The largest absolute Gasteiger partial charge is 0.497 e. The van der Waals surface area contributed by atoms with E-state index in [1.807, 2.05) is 27.7 Å². The maximum absolute atomic E-state index is 14.4. The Morgan fingerprint density at radius 1 is 0.893 bits per heavy atom. The van der Waals surface area contributed by atoms with Crippen molar-refractivity contribution in [3.63, 3.8) is 0 Å². The molecule has 0 N–H and O–H groups in total. The Kier molecular flexibility index (Phi) is 6.06. The summed E-state index contributed by atoms with van der Waals surface area (Å²) in [6.07, 6.45) is -2.85. The minimum Gasteiger partial charge on any atom is -0.399 e. The molecule has 1 fully saturated rings. The van der Waals surface area contributed by atoms with Crippen molar-refractivity contribution in [1.29, 1.82) is 0 Å². The summed E-state index contributed by atoms with van der Waals surface area (Å²) in [6, 6.07) is 1.56. The van der Waals surface area contributed by atoms with Gasteiger partial charge in [-0.2, -0.15) is 13.2 Å². The molecule has 0 unspecified atom stereocenters. The number of aromatic nitrogens is 1. The molecule has 1 aliphatic heterocycles. The smallest absolute Gasteiger partial charge is 0.399 e. The Morgan fingerprint density at radius 3 is 1.61 bits per heavy atom. The van der Waals surface area contributed by atoms with Gasteiger partial charge in [-0.05, 0) is 56.6 Å². The summed E-state index contributed by atoms with van der Waals surface area (Å²) in [5, 5.41) is 0. The third-order valence-corrected chi connectivity index (χ3v) is 13.6. The summed E-state index contributed by atoms with van der Waals surface area (Å²) in [7, 11) is -3.60. The van der Waals surface area contributed by atoms with Crippen molar-refractivity contribution in [2.75, 3.05) is 0 Å². The molecule has 0 radical (unpaired) electrons. The van der Waals surface area contributed by atoms with Gasteiger partial charge >= 0.3 is 13.3 Å². The average Bonchev–Trinajstić information content (AvgIpc) is 2.98. The fourth-order valence-corrected chi connectivity index (χ4v) is 11.7. The van der Waals surface area contributed by atoms with E-state index in [0.717, 1.165) is 0 Å². The minimum absolute atomic E-state index is 0.0879. The van der Waals surface area contributed by atoms with E-state index in [1.165, 1.54) is 0 Å². The molecule has 0 spiro atoms. The van der Waals surface area contributed by atoms with E-state index in [2.05, 4.69) is 41.5 Å². The van der Waals surface area contributed by atoms with Crippen LogP contribution in [-0.4, -0.2) is 30.8 Å². The van der Waals surface area contributed by atoms with Crippen LogP contribution >= 0.6 is 0 Å². The first-order valence-electron chi connectivity index (χ1n) is 10.1. The van der Waals surface area contributed by atoms with Gasteiger partial charge in [0.05, 0.1) is 11.2 Å².